The molecular weight excluding hydrogens is 423 g/mol. The van der Waals surface area contributed by atoms with Crippen molar-refractivity contribution in [2.45, 2.75) is 33.0 Å². The first-order valence-corrected chi connectivity index (χ1v) is 10.6. The lowest BCUT2D eigenvalue weighted by molar-refractivity contribution is -0.121. The predicted octanol–water partition coefficient (Wildman–Crippen LogP) is 4.70. The lowest BCUT2D eigenvalue weighted by atomic mass is 10.0. The van der Waals surface area contributed by atoms with Gasteiger partial charge in [0.2, 0.25) is 0 Å². The summed E-state index contributed by atoms with van der Waals surface area (Å²) < 4.78 is 5.83. The van der Waals surface area contributed by atoms with Crippen molar-refractivity contribution < 1.29 is 14.3 Å². The lowest BCUT2D eigenvalue weighted by Crippen LogP contribution is -2.47. The zero-order chi connectivity index (χ0) is 21.6. The highest BCUT2D eigenvalue weighted by Crippen LogP contribution is 2.39. The Morgan fingerprint density at radius 1 is 0.933 bits per heavy atom. The number of aryl methyl sites for hydroxylation is 1. The van der Waals surface area contributed by atoms with Crippen molar-refractivity contribution in [3.05, 3.63) is 69.3 Å². The fourth-order valence-corrected chi connectivity index (χ4v) is 4.54. The third kappa shape index (κ3) is 3.73. The molecule has 0 bridgehead atoms. The first-order chi connectivity index (χ1) is 14.3. The fraction of sp³-hybridized carbons (Fsp3) is 0.304. The number of morpholine rings is 1. The van der Waals surface area contributed by atoms with E-state index in [0.717, 1.165) is 5.56 Å². The van der Waals surface area contributed by atoms with Gasteiger partial charge in [-0.05, 0) is 45.0 Å². The number of carbonyl (C=O) groups excluding carboxylic acids is 2. The summed E-state index contributed by atoms with van der Waals surface area (Å²) in [4.78, 5) is 30.3. The van der Waals surface area contributed by atoms with Crippen LogP contribution < -0.4 is 4.90 Å². The number of halogens is 2. The molecule has 156 valence electrons. The normalized spacial score (nSPS) is 22.3. The summed E-state index contributed by atoms with van der Waals surface area (Å²) in [5.41, 5.74) is 2.72. The van der Waals surface area contributed by atoms with Crippen LogP contribution in [0.5, 0.6) is 0 Å². The summed E-state index contributed by atoms with van der Waals surface area (Å²) in [6.45, 7) is 6.88. The maximum atomic E-state index is 13.6. The van der Waals surface area contributed by atoms with Crippen molar-refractivity contribution in [1.82, 2.24) is 4.90 Å². The smallest absolute Gasteiger partial charge is 0.282 e. The first kappa shape index (κ1) is 20.9. The Morgan fingerprint density at radius 2 is 1.57 bits per heavy atom. The predicted molar refractivity (Wildman–Crippen MR) is 119 cm³/mol. The van der Waals surface area contributed by atoms with Gasteiger partial charge in [-0.3, -0.25) is 9.59 Å². The second-order valence-electron chi connectivity index (χ2n) is 7.79. The number of rotatable bonds is 3. The maximum absolute atomic E-state index is 13.6. The lowest BCUT2D eigenvalue weighted by Gasteiger charge is -2.37. The van der Waals surface area contributed by atoms with E-state index in [1.54, 1.807) is 30.3 Å². The maximum Gasteiger partial charge on any atom is 0.282 e. The van der Waals surface area contributed by atoms with E-state index in [1.807, 2.05) is 37.8 Å². The van der Waals surface area contributed by atoms with Gasteiger partial charge in [-0.1, -0.05) is 47.0 Å². The summed E-state index contributed by atoms with van der Waals surface area (Å²) in [5, 5.41) is 0.794. The van der Waals surface area contributed by atoms with E-state index >= 15 is 0 Å². The van der Waals surface area contributed by atoms with Crippen molar-refractivity contribution in [3.63, 3.8) is 0 Å². The Hall–Kier alpha value is -2.34. The number of benzene rings is 2. The summed E-state index contributed by atoms with van der Waals surface area (Å²) in [7, 11) is 0. The van der Waals surface area contributed by atoms with Gasteiger partial charge in [0, 0.05) is 23.7 Å². The van der Waals surface area contributed by atoms with Crippen LogP contribution in [0.4, 0.5) is 5.69 Å². The molecule has 2 atom stereocenters. The van der Waals surface area contributed by atoms with E-state index in [-0.39, 0.29) is 18.1 Å². The van der Waals surface area contributed by atoms with Gasteiger partial charge in [0.15, 0.2) is 0 Å². The molecule has 0 radical (unpaired) electrons. The number of hydrogen-bond acceptors (Lipinski definition) is 4. The number of imide groups is 1. The summed E-state index contributed by atoms with van der Waals surface area (Å²) in [6.07, 6.45) is -0.140. The van der Waals surface area contributed by atoms with Crippen LogP contribution in [0, 0.1) is 6.92 Å². The van der Waals surface area contributed by atoms with Crippen LogP contribution in [-0.4, -0.2) is 42.0 Å². The molecule has 0 aromatic heterocycles. The summed E-state index contributed by atoms with van der Waals surface area (Å²) in [6, 6.07) is 12.3. The van der Waals surface area contributed by atoms with Crippen LogP contribution in [0.1, 0.15) is 25.0 Å². The van der Waals surface area contributed by atoms with Crippen LogP contribution in [0.15, 0.2) is 48.2 Å². The first-order valence-electron chi connectivity index (χ1n) is 9.82. The topological polar surface area (TPSA) is 49.9 Å². The molecule has 2 aliphatic rings. The van der Waals surface area contributed by atoms with Crippen molar-refractivity contribution in [2.24, 2.45) is 0 Å². The van der Waals surface area contributed by atoms with Crippen LogP contribution in [0.25, 0.3) is 5.57 Å². The molecule has 2 heterocycles. The molecule has 1 saturated heterocycles. The third-order valence-electron chi connectivity index (χ3n) is 5.29. The van der Waals surface area contributed by atoms with Crippen molar-refractivity contribution >= 4 is 46.3 Å². The molecule has 0 aliphatic carbocycles. The SMILES string of the molecule is Cc1ccc(N2C(=O)C(c3ccc(Cl)cc3Cl)=C(N3CC(C)OC(C)C3)C2=O)cc1. The molecule has 5 nitrogen and oxygen atoms in total. The van der Waals surface area contributed by atoms with Gasteiger partial charge in [-0.15, -0.1) is 0 Å². The molecule has 4 rings (SSSR count). The Balaban J connectivity index is 1.86. The van der Waals surface area contributed by atoms with Gasteiger partial charge in [0.1, 0.15) is 5.70 Å². The monoisotopic (exact) mass is 444 g/mol. The quantitative estimate of drug-likeness (QED) is 0.643. The highest BCUT2D eigenvalue weighted by molar-refractivity contribution is 6.47. The second-order valence-corrected chi connectivity index (χ2v) is 8.63. The Labute approximate surface area is 185 Å². The van der Waals surface area contributed by atoms with Crippen LogP contribution in [-0.2, 0) is 14.3 Å². The number of carbonyl (C=O) groups is 2. The molecule has 2 aromatic rings. The van der Waals surface area contributed by atoms with E-state index in [9.17, 15) is 9.59 Å². The molecule has 2 unspecified atom stereocenters. The highest BCUT2D eigenvalue weighted by Gasteiger charge is 2.44. The Morgan fingerprint density at radius 3 is 2.17 bits per heavy atom. The molecule has 2 aliphatic heterocycles. The van der Waals surface area contributed by atoms with Crippen molar-refractivity contribution in [1.29, 1.82) is 0 Å². The number of hydrogen-bond donors (Lipinski definition) is 0. The van der Waals surface area contributed by atoms with Gasteiger partial charge in [-0.2, -0.15) is 0 Å². The number of ether oxygens (including phenoxy) is 1. The second kappa shape index (κ2) is 8.06. The average molecular weight is 445 g/mol. The van der Waals surface area contributed by atoms with E-state index in [0.29, 0.717) is 45.7 Å². The standard InChI is InChI=1S/C23H22Cl2N2O3/c1-13-4-7-17(8-5-13)27-22(28)20(18-9-6-16(24)10-19(18)25)21(23(27)29)26-11-14(2)30-15(3)12-26/h4-10,14-15H,11-12H2,1-3H3. The van der Waals surface area contributed by atoms with E-state index in [1.165, 1.54) is 4.90 Å². The van der Waals surface area contributed by atoms with Crippen molar-refractivity contribution in [3.8, 4) is 0 Å². The third-order valence-corrected chi connectivity index (χ3v) is 5.84. The molecule has 1 fully saturated rings. The van der Waals surface area contributed by atoms with Gasteiger partial charge in [-0.25, -0.2) is 4.90 Å². The van der Waals surface area contributed by atoms with Gasteiger partial charge in [0.25, 0.3) is 11.8 Å². The molecule has 0 spiro atoms. The van der Waals surface area contributed by atoms with Gasteiger partial charge >= 0.3 is 0 Å². The molecule has 2 aromatic carbocycles. The zero-order valence-electron chi connectivity index (χ0n) is 17.0. The minimum Gasteiger partial charge on any atom is -0.372 e. The summed E-state index contributed by atoms with van der Waals surface area (Å²) >= 11 is 12.5. The molecule has 0 saturated carbocycles. The molecule has 7 heteroatoms. The number of amides is 2. The molecular formula is C23H22Cl2N2O3. The Bertz CT molecular complexity index is 1040. The van der Waals surface area contributed by atoms with E-state index in [4.69, 9.17) is 27.9 Å². The molecule has 2 amide bonds. The molecule has 0 N–H and O–H groups in total. The highest BCUT2D eigenvalue weighted by atomic mass is 35.5. The fourth-order valence-electron chi connectivity index (χ4n) is 4.04. The van der Waals surface area contributed by atoms with Crippen molar-refractivity contribution in [2.75, 3.05) is 18.0 Å². The van der Waals surface area contributed by atoms with Crippen LogP contribution in [0.2, 0.25) is 10.0 Å². The number of anilines is 1. The number of nitrogens with zero attached hydrogens (tertiary/aromatic N) is 2. The Kier molecular flexibility index (Phi) is 5.62. The largest absolute Gasteiger partial charge is 0.372 e. The average Bonchev–Trinajstić information content (AvgIpc) is 2.92. The van der Waals surface area contributed by atoms with Gasteiger partial charge < -0.3 is 9.64 Å². The van der Waals surface area contributed by atoms with Crippen LogP contribution in [0.3, 0.4) is 0 Å². The van der Waals surface area contributed by atoms with Gasteiger partial charge in [0.05, 0.1) is 28.5 Å². The zero-order valence-corrected chi connectivity index (χ0v) is 18.5. The summed E-state index contributed by atoms with van der Waals surface area (Å²) in [5.74, 6) is -0.749. The molecule has 30 heavy (non-hydrogen) atoms. The van der Waals surface area contributed by atoms with Crippen LogP contribution >= 0.6 is 23.2 Å². The van der Waals surface area contributed by atoms with E-state index < -0.39 is 5.91 Å². The minimum atomic E-state index is -0.394. The minimum absolute atomic E-state index is 0.0699. The van der Waals surface area contributed by atoms with E-state index in [2.05, 4.69) is 0 Å².